The molecule has 0 aromatic rings. The largest absolute Gasteiger partial charge is 0.480 e. The number of carbonyl (C=O) groups excluding carboxylic acids is 3. The van der Waals surface area contributed by atoms with Crippen LogP contribution in [0.5, 0.6) is 0 Å². The summed E-state index contributed by atoms with van der Waals surface area (Å²) in [6.45, 7) is 3.42. The van der Waals surface area contributed by atoms with Crippen LogP contribution < -0.4 is 33.2 Å². The molecule has 3 unspecified atom stereocenters. The van der Waals surface area contributed by atoms with E-state index in [1.54, 1.807) is 11.8 Å². The number of nitrogens with zero attached hydrogens (tertiary/aromatic N) is 1. The van der Waals surface area contributed by atoms with Gasteiger partial charge in [0.15, 0.2) is 5.96 Å². The average molecular weight is 476 g/mol. The van der Waals surface area contributed by atoms with E-state index in [4.69, 9.17) is 22.3 Å². The van der Waals surface area contributed by atoms with Crippen molar-refractivity contribution in [2.45, 2.75) is 57.7 Å². The maximum Gasteiger partial charge on any atom is 0.322 e. The Labute approximate surface area is 192 Å². The van der Waals surface area contributed by atoms with Crippen molar-refractivity contribution in [2.24, 2.45) is 28.1 Å². The highest BCUT2D eigenvalue weighted by Crippen LogP contribution is 2.08. The zero-order chi connectivity index (χ0) is 24.7. The van der Waals surface area contributed by atoms with Crippen LogP contribution in [0.1, 0.15) is 39.5 Å². The predicted octanol–water partition coefficient (Wildman–Crippen LogP) is -1.66. The molecule has 0 aliphatic carbocycles. The molecule has 3 amide bonds. The minimum Gasteiger partial charge on any atom is -0.480 e. The number of hydrogen-bond donors (Lipinski definition) is 7. The highest BCUT2D eigenvalue weighted by atomic mass is 32.2. The standard InChI is InChI=1S/C19H37N7O5S/c1-11(2)9-14(17(30)24-10-15(27)28)26-18(31)13(5-4-7-23-19(21)22)25-16(29)12(20)6-8-32-3/h11-14H,4-10,20H2,1-3H3,(H,24,30)(H,25,29)(H,26,31)(H,27,28)(H4,21,22,23). The molecule has 10 N–H and O–H groups in total. The van der Waals surface area contributed by atoms with E-state index in [2.05, 4.69) is 20.9 Å². The fourth-order valence-corrected chi connectivity index (χ4v) is 3.18. The van der Waals surface area contributed by atoms with Crippen molar-refractivity contribution in [1.29, 1.82) is 0 Å². The Morgan fingerprint density at radius 1 is 1.00 bits per heavy atom. The van der Waals surface area contributed by atoms with Crippen molar-refractivity contribution in [3.63, 3.8) is 0 Å². The number of nitrogens with one attached hydrogen (secondary N) is 3. The van der Waals surface area contributed by atoms with Crippen molar-refractivity contribution in [1.82, 2.24) is 16.0 Å². The van der Waals surface area contributed by atoms with Crippen molar-refractivity contribution in [2.75, 3.05) is 25.1 Å². The molecule has 3 atom stereocenters. The summed E-state index contributed by atoms with van der Waals surface area (Å²) in [7, 11) is 0. The van der Waals surface area contributed by atoms with Crippen LogP contribution in [-0.2, 0) is 19.2 Å². The number of aliphatic carboxylic acids is 1. The van der Waals surface area contributed by atoms with Crippen LogP contribution >= 0.6 is 11.8 Å². The van der Waals surface area contributed by atoms with E-state index in [1.807, 2.05) is 20.1 Å². The molecule has 0 heterocycles. The zero-order valence-corrected chi connectivity index (χ0v) is 19.7. The molecule has 0 saturated carbocycles. The Balaban J connectivity index is 5.31. The predicted molar refractivity (Wildman–Crippen MR) is 125 cm³/mol. The van der Waals surface area contributed by atoms with Gasteiger partial charge in [0, 0.05) is 6.54 Å². The number of guanidine groups is 1. The van der Waals surface area contributed by atoms with E-state index in [-0.39, 0.29) is 24.8 Å². The lowest BCUT2D eigenvalue weighted by Crippen LogP contribution is -2.56. The molecule has 0 aromatic heterocycles. The van der Waals surface area contributed by atoms with Gasteiger partial charge in [-0.3, -0.25) is 24.2 Å². The van der Waals surface area contributed by atoms with Crippen LogP contribution in [0.3, 0.4) is 0 Å². The van der Waals surface area contributed by atoms with Crippen LogP contribution in [0.4, 0.5) is 0 Å². The maximum absolute atomic E-state index is 12.9. The molecule has 32 heavy (non-hydrogen) atoms. The number of thioether (sulfide) groups is 1. The van der Waals surface area contributed by atoms with E-state index in [0.29, 0.717) is 25.0 Å². The monoisotopic (exact) mass is 475 g/mol. The molecule has 184 valence electrons. The Morgan fingerprint density at radius 2 is 1.62 bits per heavy atom. The van der Waals surface area contributed by atoms with Gasteiger partial charge in [0.1, 0.15) is 18.6 Å². The summed E-state index contributed by atoms with van der Waals surface area (Å²) in [6.07, 6.45) is 3.25. The van der Waals surface area contributed by atoms with Gasteiger partial charge in [0.25, 0.3) is 0 Å². The topological polar surface area (TPSA) is 215 Å². The Hall–Kier alpha value is -2.54. The minimum atomic E-state index is -1.20. The van der Waals surface area contributed by atoms with Crippen molar-refractivity contribution >= 4 is 41.4 Å². The molecule has 0 aliphatic rings. The molecule has 13 heteroatoms. The molecule has 0 aromatic carbocycles. The molecule has 0 saturated heterocycles. The second-order valence-electron chi connectivity index (χ2n) is 7.70. The normalized spacial score (nSPS) is 13.5. The van der Waals surface area contributed by atoms with Gasteiger partial charge in [-0.25, -0.2) is 0 Å². The van der Waals surface area contributed by atoms with Crippen LogP contribution in [0.15, 0.2) is 4.99 Å². The second-order valence-corrected chi connectivity index (χ2v) is 8.69. The average Bonchev–Trinajstić information content (AvgIpc) is 2.70. The number of nitrogens with two attached hydrogens (primary N) is 3. The van der Waals surface area contributed by atoms with Gasteiger partial charge in [0.05, 0.1) is 6.04 Å². The molecule has 0 fully saturated rings. The summed E-state index contributed by atoms with van der Waals surface area (Å²) in [6, 6.07) is -2.69. The molecule has 0 bridgehead atoms. The lowest BCUT2D eigenvalue weighted by Gasteiger charge is -2.25. The van der Waals surface area contributed by atoms with Gasteiger partial charge in [-0.1, -0.05) is 13.8 Å². The fraction of sp³-hybridized carbons (Fsp3) is 0.737. The number of carboxylic acids is 1. The molecule has 0 spiro atoms. The van der Waals surface area contributed by atoms with Crippen molar-refractivity contribution in [3.05, 3.63) is 0 Å². The van der Waals surface area contributed by atoms with Gasteiger partial charge >= 0.3 is 5.97 Å². The Bertz CT molecular complexity index is 656. The molecule has 12 nitrogen and oxygen atoms in total. The summed E-state index contributed by atoms with van der Waals surface area (Å²) in [5.74, 6) is -2.20. The van der Waals surface area contributed by atoms with Crippen LogP contribution in [0, 0.1) is 5.92 Å². The van der Waals surface area contributed by atoms with E-state index in [1.165, 1.54) is 0 Å². The first-order valence-electron chi connectivity index (χ1n) is 10.4. The van der Waals surface area contributed by atoms with E-state index in [0.717, 1.165) is 0 Å². The third kappa shape index (κ3) is 13.7. The van der Waals surface area contributed by atoms with Gasteiger partial charge in [0.2, 0.25) is 17.7 Å². The third-order valence-electron chi connectivity index (χ3n) is 4.30. The number of amides is 3. The fourth-order valence-electron chi connectivity index (χ4n) is 2.69. The molecular weight excluding hydrogens is 438 g/mol. The first-order valence-corrected chi connectivity index (χ1v) is 11.8. The molecule has 0 aliphatic heterocycles. The van der Waals surface area contributed by atoms with Crippen molar-refractivity contribution < 1.29 is 24.3 Å². The lowest BCUT2D eigenvalue weighted by atomic mass is 10.0. The number of carbonyl (C=O) groups is 4. The summed E-state index contributed by atoms with van der Waals surface area (Å²) < 4.78 is 0. The molecule has 0 radical (unpaired) electrons. The first-order chi connectivity index (χ1) is 15.0. The maximum atomic E-state index is 12.9. The van der Waals surface area contributed by atoms with Gasteiger partial charge in [-0.05, 0) is 43.6 Å². The SMILES string of the molecule is CSCCC(N)C(=O)NC(CCCN=C(N)N)C(=O)NC(CC(C)C)C(=O)NCC(=O)O. The number of hydrogen-bond acceptors (Lipinski definition) is 7. The number of carboxylic acid groups (broad SMARTS) is 1. The first kappa shape index (κ1) is 29.5. The zero-order valence-electron chi connectivity index (χ0n) is 18.9. The minimum absolute atomic E-state index is 0.0470. The summed E-state index contributed by atoms with van der Waals surface area (Å²) in [5.41, 5.74) is 16.5. The van der Waals surface area contributed by atoms with E-state index < -0.39 is 48.4 Å². The van der Waals surface area contributed by atoms with Crippen LogP contribution in [-0.4, -0.2) is 78.0 Å². The summed E-state index contributed by atoms with van der Waals surface area (Å²) in [5, 5.41) is 16.3. The quantitative estimate of drug-likeness (QED) is 0.0771. The smallest absolute Gasteiger partial charge is 0.322 e. The van der Waals surface area contributed by atoms with Gasteiger partial charge < -0.3 is 38.3 Å². The Kier molecular flexibility index (Phi) is 14.9. The molecular formula is C19H37N7O5S. The lowest BCUT2D eigenvalue weighted by molar-refractivity contribution is -0.138. The molecule has 0 rings (SSSR count). The van der Waals surface area contributed by atoms with Gasteiger partial charge in [-0.15, -0.1) is 0 Å². The summed E-state index contributed by atoms with van der Waals surface area (Å²) >= 11 is 1.55. The number of aliphatic imine (C=N–C) groups is 1. The number of rotatable bonds is 16. The van der Waals surface area contributed by atoms with E-state index in [9.17, 15) is 19.2 Å². The highest BCUT2D eigenvalue weighted by molar-refractivity contribution is 7.98. The van der Waals surface area contributed by atoms with Crippen LogP contribution in [0.2, 0.25) is 0 Å². The highest BCUT2D eigenvalue weighted by Gasteiger charge is 2.28. The van der Waals surface area contributed by atoms with Crippen LogP contribution in [0.25, 0.3) is 0 Å². The second kappa shape index (κ2) is 16.1. The van der Waals surface area contributed by atoms with Crippen molar-refractivity contribution in [3.8, 4) is 0 Å². The summed E-state index contributed by atoms with van der Waals surface area (Å²) in [4.78, 5) is 52.4. The van der Waals surface area contributed by atoms with Gasteiger partial charge in [-0.2, -0.15) is 11.8 Å². The van der Waals surface area contributed by atoms with E-state index >= 15 is 0 Å². The third-order valence-corrected chi connectivity index (χ3v) is 4.95. The Morgan fingerprint density at radius 3 is 2.16 bits per heavy atom.